The Bertz CT molecular complexity index is 831. The predicted molar refractivity (Wildman–Crippen MR) is 94.5 cm³/mol. The lowest BCUT2D eigenvalue weighted by molar-refractivity contribution is 0.0955. The first-order valence-electron chi connectivity index (χ1n) is 7.53. The highest BCUT2D eigenvalue weighted by atomic mass is 16.5. The van der Waals surface area contributed by atoms with Crippen LogP contribution in [0, 0.1) is 0 Å². The molecule has 0 unspecified atom stereocenters. The number of amides is 1. The Kier molecular flexibility index (Phi) is 5.00. The molecule has 0 aliphatic carbocycles. The van der Waals surface area contributed by atoms with Gasteiger partial charge in [-0.05, 0) is 42.0 Å². The molecule has 24 heavy (non-hydrogen) atoms. The van der Waals surface area contributed by atoms with E-state index in [9.17, 15) is 4.79 Å². The second-order valence-electron chi connectivity index (χ2n) is 5.05. The Morgan fingerprint density at radius 1 is 0.833 bits per heavy atom. The molecule has 0 aliphatic rings. The Hall–Kier alpha value is -3.40. The standard InChI is InChI=1S/C20H16N2O2/c23-20(17-9-3-1-4-10-17)22-21-15-16-8-7-13-19(14-16)24-18-11-5-2-6-12-18/h1-15H,(H,22,23)/b21-15+. The first-order valence-corrected chi connectivity index (χ1v) is 7.53. The highest BCUT2D eigenvalue weighted by Gasteiger charge is 2.02. The summed E-state index contributed by atoms with van der Waals surface area (Å²) in [6.07, 6.45) is 1.58. The Labute approximate surface area is 140 Å². The van der Waals surface area contributed by atoms with Crippen molar-refractivity contribution < 1.29 is 9.53 Å². The summed E-state index contributed by atoms with van der Waals surface area (Å²) in [5.41, 5.74) is 3.90. The van der Waals surface area contributed by atoms with Gasteiger partial charge in [0.05, 0.1) is 6.21 Å². The minimum absolute atomic E-state index is 0.247. The molecule has 3 aromatic rings. The van der Waals surface area contributed by atoms with Gasteiger partial charge < -0.3 is 4.74 Å². The summed E-state index contributed by atoms with van der Waals surface area (Å²) in [7, 11) is 0. The van der Waals surface area contributed by atoms with Crippen molar-refractivity contribution in [2.24, 2.45) is 5.10 Å². The summed E-state index contributed by atoms with van der Waals surface area (Å²) in [5, 5.41) is 3.99. The SMILES string of the molecule is O=C(N/N=C/c1cccc(Oc2ccccc2)c1)c1ccccc1. The van der Waals surface area contributed by atoms with Crippen molar-refractivity contribution >= 4 is 12.1 Å². The molecular formula is C20H16N2O2. The summed E-state index contributed by atoms with van der Waals surface area (Å²) in [6.45, 7) is 0. The van der Waals surface area contributed by atoms with Gasteiger partial charge in [0, 0.05) is 5.56 Å². The normalized spacial score (nSPS) is 10.5. The molecule has 0 saturated heterocycles. The van der Waals surface area contributed by atoms with Crippen molar-refractivity contribution in [3.63, 3.8) is 0 Å². The lowest BCUT2D eigenvalue weighted by Crippen LogP contribution is -2.17. The van der Waals surface area contributed by atoms with E-state index in [4.69, 9.17) is 4.74 Å². The molecule has 0 bridgehead atoms. The quantitative estimate of drug-likeness (QED) is 0.565. The van der Waals surface area contributed by atoms with Crippen molar-refractivity contribution in [3.8, 4) is 11.5 Å². The zero-order valence-electron chi connectivity index (χ0n) is 12.9. The van der Waals surface area contributed by atoms with Gasteiger partial charge in [0.2, 0.25) is 0 Å². The number of hydrogen-bond donors (Lipinski definition) is 1. The largest absolute Gasteiger partial charge is 0.457 e. The summed E-state index contributed by atoms with van der Waals surface area (Å²) in [5.74, 6) is 1.23. The van der Waals surface area contributed by atoms with Crippen LogP contribution in [0.4, 0.5) is 0 Å². The molecule has 3 rings (SSSR count). The first-order chi connectivity index (χ1) is 11.8. The van der Waals surface area contributed by atoms with Crippen LogP contribution in [-0.2, 0) is 0 Å². The van der Waals surface area contributed by atoms with Gasteiger partial charge in [0.1, 0.15) is 11.5 Å². The van der Waals surface area contributed by atoms with Crippen molar-refractivity contribution in [1.82, 2.24) is 5.43 Å². The van der Waals surface area contributed by atoms with Gasteiger partial charge >= 0.3 is 0 Å². The molecule has 0 spiro atoms. The van der Waals surface area contributed by atoms with E-state index in [1.807, 2.05) is 72.8 Å². The van der Waals surface area contributed by atoms with Gasteiger partial charge in [-0.1, -0.05) is 48.5 Å². The summed E-state index contributed by atoms with van der Waals surface area (Å²) >= 11 is 0. The smallest absolute Gasteiger partial charge is 0.271 e. The molecule has 0 saturated carbocycles. The number of hydrazone groups is 1. The third-order valence-electron chi connectivity index (χ3n) is 3.25. The van der Waals surface area contributed by atoms with E-state index in [2.05, 4.69) is 10.5 Å². The van der Waals surface area contributed by atoms with Crippen LogP contribution in [0.3, 0.4) is 0 Å². The summed E-state index contributed by atoms with van der Waals surface area (Å²) < 4.78 is 5.77. The maximum atomic E-state index is 11.9. The number of para-hydroxylation sites is 1. The van der Waals surface area contributed by atoms with E-state index in [1.165, 1.54) is 0 Å². The monoisotopic (exact) mass is 316 g/mol. The molecule has 1 amide bonds. The van der Waals surface area contributed by atoms with Crippen LogP contribution in [0.15, 0.2) is 90.0 Å². The molecule has 1 N–H and O–H groups in total. The molecule has 3 aromatic carbocycles. The van der Waals surface area contributed by atoms with E-state index in [1.54, 1.807) is 18.3 Å². The van der Waals surface area contributed by atoms with Gasteiger partial charge in [0.15, 0.2) is 0 Å². The Balaban J connectivity index is 1.63. The number of carbonyl (C=O) groups excluding carboxylic acids is 1. The molecule has 0 atom stereocenters. The Morgan fingerprint density at radius 2 is 1.50 bits per heavy atom. The van der Waals surface area contributed by atoms with Crippen molar-refractivity contribution in [2.75, 3.05) is 0 Å². The van der Waals surface area contributed by atoms with Crippen LogP contribution in [-0.4, -0.2) is 12.1 Å². The molecule has 4 nitrogen and oxygen atoms in total. The van der Waals surface area contributed by atoms with Crippen molar-refractivity contribution in [1.29, 1.82) is 0 Å². The first kappa shape index (κ1) is 15.5. The number of nitrogens with zero attached hydrogens (tertiary/aromatic N) is 1. The fourth-order valence-corrected chi connectivity index (χ4v) is 2.10. The molecule has 0 aromatic heterocycles. The number of benzene rings is 3. The molecule has 0 heterocycles. The maximum absolute atomic E-state index is 11.9. The average molecular weight is 316 g/mol. The molecule has 0 aliphatic heterocycles. The summed E-state index contributed by atoms with van der Waals surface area (Å²) in [6, 6.07) is 26.0. The van der Waals surface area contributed by atoms with Gasteiger partial charge in [-0.15, -0.1) is 0 Å². The van der Waals surface area contributed by atoms with Crippen LogP contribution < -0.4 is 10.2 Å². The summed E-state index contributed by atoms with van der Waals surface area (Å²) in [4.78, 5) is 11.9. The fraction of sp³-hybridized carbons (Fsp3) is 0. The minimum atomic E-state index is -0.247. The highest BCUT2D eigenvalue weighted by molar-refractivity contribution is 5.94. The number of hydrogen-bond acceptors (Lipinski definition) is 3. The zero-order chi connectivity index (χ0) is 16.6. The van der Waals surface area contributed by atoms with E-state index >= 15 is 0 Å². The Morgan fingerprint density at radius 3 is 2.25 bits per heavy atom. The lowest BCUT2D eigenvalue weighted by Gasteiger charge is -2.05. The number of ether oxygens (including phenoxy) is 1. The second kappa shape index (κ2) is 7.74. The van der Waals surface area contributed by atoms with E-state index in [-0.39, 0.29) is 5.91 Å². The number of carbonyl (C=O) groups is 1. The van der Waals surface area contributed by atoms with Crippen molar-refractivity contribution in [2.45, 2.75) is 0 Å². The van der Waals surface area contributed by atoms with Gasteiger partial charge in [-0.2, -0.15) is 5.10 Å². The average Bonchev–Trinajstić information content (AvgIpc) is 2.63. The predicted octanol–water partition coefficient (Wildman–Crippen LogP) is 4.24. The van der Waals surface area contributed by atoms with E-state index in [0.717, 1.165) is 11.3 Å². The lowest BCUT2D eigenvalue weighted by atomic mass is 10.2. The third kappa shape index (κ3) is 4.30. The van der Waals surface area contributed by atoms with Crippen LogP contribution >= 0.6 is 0 Å². The molecule has 0 radical (unpaired) electrons. The van der Waals surface area contributed by atoms with Crippen LogP contribution in [0.2, 0.25) is 0 Å². The van der Waals surface area contributed by atoms with E-state index < -0.39 is 0 Å². The van der Waals surface area contributed by atoms with E-state index in [0.29, 0.717) is 11.3 Å². The maximum Gasteiger partial charge on any atom is 0.271 e. The topological polar surface area (TPSA) is 50.7 Å². The molecular weight excluding hydrogens is 300 g/mol. The van der Waals surface area contributed by atoms with Crippen LogP contribution in [0.5, 0.6) is 11.5 Å². The zero-order valence-corrected chi connectivity index (χ0v) is 12.9. The van der Waals surface area contributed by atoms with Crippen LogP contribution in [0.1, 0.15) is 15.9 Å². The van der Waals surface area contributed by atoms with Crippen LogP contribution in [0.25, 0.3) is 0 Å². The third-order valence-corrected chi connectivity index (χ3v) is 3.25. The van der Waals surface area contributed by atoms with Gasteiger partial charge in [-0.25, -0.2) is 5.43 Å². The van der Waals surface area contributed by atoms with Crippen molar-refractivity contribution in [3.05, 3.63) is 96.1 Å². The van der Waals surface area contributed by atoms with Gasteiger partial charge in [0.25, 0.3) is 5.91 Å². The molecule has 118 valence electrons. The number of rotatable bonds is 5. The fourth-order valence-electron chi connectivity index (χ4n) is 2.10. The van der Waals surface area contributed by atoms with Gasteiger partial charge in [-0.3, -0.25) is 4.79 Å². The molecule has 4 heteroatoms. The number of nitrogens with one attached hydrogen (secondary N) is 1. The molecule has 0 fully saturated rings. The highest BCUT2D eigenvalue weighted by Crippen LogP contribution is 2.21. The second-order valence-corrected chi connectivity index (χ2v) is 5.05. The minimum Gasteiger partial charge on any atom is -0.457 e.